The van der Waals surface area contributed by atoms with Crippen molar-refractivity contribution >= 4 is 17.7 Å². The molecule has 1 aliphatic rings. The molecule has 1 aromatic rings. The van der Waals surface area contributed by atoms with Crippen molar-refractivity contribution in [3.05, 3.63) is 24.3 Å². The normalized spacial score (nSPS) is 19.0. The van der Waals surface area contributed by atoms with E-state index >= 15 is 0 Å². The summed E-state index contributed by atoms with van der Waals surface area (Å²) < 4.78 is 5.00. The molecule has 1 saturated carbocycles. The lowest BCUT2D eigenvalue weighted by Gasteiger charge is -2.09. The van der Waals surface area contributed by atoms with Gasteiger partial charge in [-0.1, -0.05) is 13.8 Å². The van der Waals surface area contributed by atoms with E-state index in [1.165, 1.54) is 0 Å². The Morgan fingerprint density at radius 3 is 2.45 bits per heavy atom. The fourth-order valence-corrected chi connectivity index (χ4v) is 1.82. The molecular formula is C14H18N2O4. The number of carbonyl (C=O) groups is 2. The molecular weight excluding hydrogens is 260 g/mol. The van der Waals surface area contributed by atoms with Crippen LogP contribution in [0.4, 0.5) is 10.5 Å². The number of hydrogen-bond acceptors (Lipinski definition) is 3. The number of carbonyl (C=O) groups excluding carboxylic acids is 1. The molecule has 0 bridgehead atoms. The van der Waals surface area contributed by atoms with E-state index in [4.69, 9.17) is 9.84 Å². The first-order valence-electron chi connectivity index (χ1n) is 6.39. The monoisotopic (exact) mass is 278 g/mol. The maximum absolute atomic E-state index is 11.7. The number of amides is 2. The third kappa shape index (κ3) is 3.88. The Hall–Kier alpha value is -2.24. The summed E-state index contributed by atoms with van der Waals surface area (Å²) in [7, 11) is 0. The molecule has 6 nitrogen and oxygen atoms in total. The Bertz CT molecular complexity index is 510. The summed E-state index contributed by atoms with van der Waals surface area (Å²) in [6.45, 7) is 3.82. The predicted octanol–water partition coefficient (Wildman–Crippen LogP) is 2.07. The van der Waals surface area contributed by atoms with Gasteiger partial charge < -0.3 is 20.5 Å². The smallest absolute Gasteiger partial charge is 0.341 e. The summed E-state index contributed by atoms with van der Waals surface area (Å²) in [6.07, 6.45) is 0.988. The van der Waals surface area contributed by atoms with Crippen LogP contribution in [0.2, 0.25) is 0 Å². The molecule has 0 heterocycles. The lowest BCUT2D eigenvalue weighted by atomic mass is 10.2. The third-order valence-electron chi connectivity index (χ3n) is 3.29. The Morgan fingerprint density at radius 1 is 1.35 bits per heavy atom. The highest BCUT2D eigenvalue weighted by Crippen LogP contribution is 2.44. The van der Waals surface area contributed by atoms with E-state index in [1.807, 2.05) is 0 Å². The van der Waals surface area contributed by atoms with E-state index in [-0.39, 0.29) is 24.1 Å². The number of hydrogen-bond donors (Lipinski definition) is 3. The van der Waals surface area contributed by atoms with E-state index in [0.29, 0.717) is 11.4 Å². The van der Waals surface area contributed by atoms with Gasteiger partial charge in [0.15, 0.2) is 6.61 Å². The van der Waals surface area contributed by atoms with Gasteiger partial charge in [0.05, 0.1) is 0 Å². The zero-order chi connectivity index (χ0) is 14.8. The number of aliphatic carboxylic acids is 1. The van der Waals surface area contributed by atoms with Crippen LogP contribution < -0.4 is 15.4 Å². The number of nitrogens with one attached hydrogen (secondary N) is 2. The van der Waals surface area contributed by atoms with Crippen molar-refractivity contribution in [1.82, 2.24) is 5.32 Å². The van der Waals surface area contributed by atoms with Gasteiger partial charge in [-0.2, -0.15) is 0 Å². The van der Waals surface area contributed by atoms with Gasteiger partial charge in [0, 0.05) is 11.7 Å². The van der Waals surface area contributed by atoms with Crippen LogP contribution in [0.3, 0.4) is 0 Å². The first kappa shape index (κ1) is 14.2. The lowest BCUT2D eigenvalue weighted by molar-refractivity contribution is -0.139. The van der Waals surface area contributed by atoms with Crippen molar-refractivity contribution in [2.24, 2.45) is 5.41 Å². The maximum atomic E-state index is 11.7. The van der Waals surface area contributed by atoms with Gasteiger partial charge in [-0.3, -0.25) is 0 Å². The molecule has 2 rings (SSSR count). The van der Waals surface area contributed by atoms with Gasteiger partial charge in [0.1, 0.15) is 5.75 Å². The molecule has 20 heavy (non-hydrogen) atoms. The number of carboxylic acids is 1. The van der Waals surface area contributed by atoms with Crippen molar-refractivity contribution in [1.29, 1.82) is 0 Å². The highest BCUT2D eigenvalue weighted by molar-refractivity contribution is 5.89. The number of carboxylic acid groups (broad SMARTS) is 1. The molecule has 0 saturated heterocycles. The second-order valence-corrected chi connectivity index (χ2v) is 5.55. The summed E-state index contributed by atoms with van der Waals surface area (Å²) in [4.78, 5) is 22.1. The quantitative estimate of drug-likeness (QED) is 0.769. The first-order valence-corrected chi connectivity index (χ1v) is 6.39. The van der Waals surface area contributed by atoms with E-state index < -0.39 is 5.97 Å². The molecule has 6 heteroatoms. The second-order valence-electron chi connectivity index (χ2n) is 5.55. The van der Waals surface area contributed by atoms with Crippen LogP contribution in [0.5, 0.6) is 5.75 Å². The van der Waals surface area contributed by atoms with Crippen molar-refractivity contribution in [3.63, 3.8) is 0 Å². The first-order chi connectivity index (χ1) is 9.37. The molecule has 0 spiro atoms. The van der Waals surface area contributed by atoms with Gasteiger partial charge in [-0.05, 0) is 36.1 Å². The molecule has 1 unspecified atom stereocenters. The van der Waals surface area contributed by atoms with Crippen LogP contribution in [0.25, 0.3) is 0 Å². The zero-order valence-electron chi connectivity index (χ0n) is 11.5. The number of urea groups is 1. The van der Waals surface area contributed by atoms with Gasteiger partial charge in [0.2, 0.25) is 0 Å². The van der Waals surface area contributed by atoms with Crippen molar-refractivity contribution in [3.8, 4) is 5.75 Å². The molecule has 0 radical (unpaired) electrons. The van der Waals surface area contributed by atoms with Gasteiger partial charge in [-0.25, -0.2) is 9.59 Å². The summed E-state index contributed by atoms with van der Waals surface area (Å²) >= 11 is 0. The Labute approximate surface area is 117 Å². The molecule has 1 atom stereocenters. The summed E-state index contributed by atoms with van der Waals surface area (Å²) in [6, 6.07) is 6.53. The zero-order valence-corrected chi connectivity index (χ0v) is 11.5. The number of anilines is 1. The van der Waals surface area contributed by atoms with Crippen LogP contribution in [0, 0.1) is 5.41 Å². The molecule has 2 amide bonds. The standard InChI is InChI=1S/C14H18N2O4/c1-14(2)7-11(14)16-13(19)15-9-3-5-10(6-4-9)20-8-12(17)18/h3-6,11H,7-8H2,1-2H3,(H,17,18)(H2,15,16,19). The van der Waals surface area contributed by atoms with Crippen molar-refractivity contribution in [2.75, 3.05) is 11.9 Å². The van der Waals surface area contributed by atoms with E-state index in [1.54, 1.807) is 24.3 Å². The Balaban J connectivity index is 1.81. The maximum Gasteiger partial charge on any atom is 0.341 e. The molecule has 1 aromatic carbocycles. The van der Waals surface area contributed by atoms with Crippen LogP contribution in [-0.2, 0) is 4.79 Å². The molecule has 108 valence electrons. The molecule has 1 aliphatic carbocycles. The number of rotatable bonds is 5. The highest BCUT2D eigenvalue weighted by atomic mass is 16.5. The van der Waals surface area contributed by atoms with Crippen LogP contribution >= 0.6 is 0 Å². The fraction of sp³-hybridized carbons (Fsp3) is 0.429. The van der Waals surface area contributed by atoms with Crippen molar-refractivity contribution < 1.29 is 19.4 Å². The predicted molar refractivity (Wildman–Crippen MR) is 73.9 cm³/mol. The molecule has 3 N–H and O–H groups in total. The van der Waals surface area contributed by atoms with E-state index in [2.05, 4.69) is 24.5 Å². The minimum Gasteiger partial charge on any atom is -0.482 e. The van der Waals surface area contributed by atoms with Gasteiger partial charge >= 0.3 is 12.0 Å². The van der Waals surface area contributed by atoms with Crippen molar-refractivity contribution in [2.45, 2.75) is 26.3 Å². The topological polar surface area (TPSA) is 87.7 Å². The number of benzene rings is 1. The average Bonchev–Trinajstić information content (AvgIpc) is 2.95. The third-order valence-corrected chi connectivity index (χ3v) is 3.29. The summed E-state index contributed by atoms with van der Waals surface area (Å²) in [5, 5.41) is 14.1. The van der Waals surface area contributed by atoms with Crippen LogP contribution in [0.15, 0.2) is 24.3 Å². The van der Waals surface area contributed by atoms with E-state index in [9.17, 15) is 9.59 Å². The lowest BCUT2D eigenvalue weighted by Crippen LogP contribution is -2.32. The van der Waals surface area contributed by atoms with Gasteiger partial charge in [-0.15, -0.1) is 0 Å². The van der Waals surface area contributed by atoms with Crippen LogP contribution in [-0.4, -0.2) is 29.8 Å². The molecule has 0 aromatic heterocycles. The fourth-order valence-electron chi connectivity index (χ4n) is 1.82. The average molecular weight is 278 g/mol. The second kappa shape index (κ2) is 5.40. The minimum atomic E-state index is -1.03. The van der Waals surface area contributed by atoms with Crippen LogP contribution in [0.1, 0.15) is 20.3 Å². The Kier molecular flexibility index (Phi) is 3.83. The summed E-state index contributed by atoms with van der Waals surface area (Å²) in [5.41, 5.74) is 0.815. The minimum absolute atomic E-state index is 0.186. The van der Waals surface area contributed by atoms with Gasteiger partial charge in [0.25, 0.3) is 0 Å². The molecule has 1 fully saturated rings. The number of ether oxygens (including phenoxy) is 1. The largest absolute Gasteiger partial charge is 0.482 e. The molecule has 0 aliphatic heterocycles. The highest BCUT2D eigenvalue weighted by Gasteiger charge is 2.46. The summed E-state index contributed by atoms with van der Waals surface area (Å²) in [5.74, 6) is -0.583. The SMILES string of the molecule is CC1(C)CC1NC(=O)Nc1ccc(OCC(=O)O)cc1. The van der Waals surface area contributed by atoms with E-state index in [0.717, 1.165) is 6.42 Å². The Morgan fingerprint density at radius 2 is 1.95 bits per heavy atom.